The fraction of sp³-hybridized carbons (Fsp3) is 0.133. The van der Waals surface area contributed by atoms with Crippen LogP contribution in [0.3, 0.4) is 0 Å². The summed E-state index contributed by atoms with van der Waals surface area (Å²) >= 11 is 0. The number of nitrogens with one attached hydrogen (secondary N) is 1. The van der Waals surface area contributed by atoms with Gasteiger partial charge in [-0.15, -0.1) is 0 Å². The molecule has 1 aliphatic rings. The van der Waals surface area contributed by atoms with Crippen LogP contribution in [0.25, 0.3) is 0 Å². The number of halogens is 2. The van der Waals surface area contributed by atoms with Crippen LogP contribution in [0, 0.1) is 24.0 Å². The van der Waals surface area contributed by atoms with Crippen molar-refractivity contribution in [3.63, 3.8) is 0 Å². The number of hydrogen-bond donors (Lipinski definition) is 1. The summed E-state index contributed by atoms with van der Waals surface area (Å²) in [5, 5.41) is 8.10. The molecule has 0 aliphatic carbocycles. The molecule has 19 heavy (non-hydrogen) atoms. The Labute approximate surface area is 109 Å². The number of aryl methyl sites for hydroxylation is 1. The van der Waals surface area contributed by atoms with Crippen molar-refractivity contribution in [3.05, 3.63) is 64.7 Å². The molecule has 0 aromatic heterocycles. The maximum Gasteiger partial charge on any atom is 0.133 e. The lowest BCUT2D eigenvalue weighted by atomic mass is 10.1. The monoisotopic (exact) mass is 258 g/mol. The van der Waals surface area contributed by atoms with Gasteiger partial charge in [-0.1, -0.05) is 6.07 Å². The molecule has 0 saturated heterocycles. The highest BCUT2D eigenvalue weighted by atomic mass is 19.1. The van der Waals surface area contributed by atoms with E-state index in [1.807, 2.05) is 6.07 Å². The fourth-order valence-corrected chi connectivity index (χ4v) is 2.40. The van der Waals surface area contributed by atoms with E-state index in [2.05, 4.69) is 0 Å². The molecular formula is C15H12F2N2. The second kappa shape index (κ2) is 4.16. The molecule has 1 aliphatic heterocycles. The summed E-state index contributed by atoms with van der Waals surface area (Å²) < 4.78 is 26.7. The molecule has 0 radical (unpaired) electrons. The van der Waals surface area contributed by atoms with Crippen molar-refractivity contribution in [2.75, 3.05) is 4.90 Å². The first-order valence-corrected chi connectivity index (χ1v) is 5.97. The topological polar surface area (TPSA) is 27.1 Å². The number of anilines is 1. The van der Waals surface area contributed by atoms with Crippen LogP contribution in [0.5, 0.6) is 0 Å². The third-order valence-corrected chi connectivity index (χ3v) is 3.26. The van der Waals surface area contributed by atoms with E-state index in [0.29, 0.717) is 17.8 Å². The number of fused-ring (bicyclic) bond motifs is 1. The maximum atomic E-state index is 13.4. The number of benzene rings is 2. The predicted octanol–water partition coefficient (Wildman–Crippen LogP) is 3.62. The molecular weight excluding hydrogens is 246 g/mol. The minimum atomic E-state index is -0.360. The van der Waals surface area contributed by atoms with Gasteiger partial charge in [0.25, 0.3) is 0 Å². The Balaban J connectivity index is 2.04. The molecule has 1 N–H and O–H groups in total. The molecule has 2 aromatic carbocycles. The largest absolute Gasteiger partial charge is 0.322 e. The van der Waals surface area contributed by atoms with E-state index in [0.717, 1.165) is 11.1 Å². The minimum Gasteiger partial charge on any atom is -0.322 e. The predicted molar refractivity (Wildman–Crippen MR) is 70.5 cm³/mol. The second-order valence-corrected chi connectivity index (χ2v) is 4.72. The van der Waals surface area contributed by atoms with E-state index >= 15 is 0 Å². The smallest absolute Gasteiger partial charge is 0.133 e. The Kier molecular flexibility index (Phi) is 2.59. The number of nitrogens with zero attached hydrogens (tertiary/aromatic N) is 1. The summed E-state index contributed by atoms with van der Waals surface area (Å²) in [5.41, 5.74) is 2.87. The van der Waals surface area contributed by atoms with Gasteiger partial charge in [0.15, 0.2) is 0 Å². The Morgan fingerprint density at radius 3 is 2.58 bits per heavy atom. The third-order valence-electron chi connectivity index (χ3n) is 3.26. The second-order valence-electron chi connectivity index (χ2n) is 4.72. The zero-order valence-corrected chi connectivity index (χ0v) is 10.4. The molecule has 0 saturated carbocycles. The number of amidine groups is 1. The summed E-state index contributed by atoms with van der Waals surface area (Å²) in [7, 11) is 0. The van der Waals surface area contributed by atoms with Crippen LogP contribution < -0.4 is 4.90 Å². The van der Waals surface area contributed by atoms with Gasteiger partial charge >= 0.3 is 0 Å². The highest BCUT2D eigenvalue weighted by molar-refractivity contribution is 6.11. The van der Waals surface area contributed by atoms with Gasteiger partial charge in [-0.3, -0.25) is 5.41 Å². The molecule has 2 aromatic rings. The molecule has 3 rings (SSSR count). The summed E-state index contributed by atoms with van der Waals surface area (Å²) in [5.74, 6) is -0.481. The maximum absolute atomic E-state index is 13.4. The zero-order chi connectivity index (χ0) is 13.6. The highest BCUT2D eigenvalue weighted by Gasteiger charge is 2.26. The fourth-order valence-electron chi connectivity index (χ4n) is 2.40. The summed E-state index contributed by atoms with van der Waals surface area (Å²) in [6, 6.07) is 9.06. The summed E-state index contributed by atoms with van der Waals surface area (Å²) in [6.45, 7) is 2.27. The van der Waals surface area contributed by atoms with E-state index in [-0.39, 0.29) is 17.5 Å². The Morgan fingerprint density at radius 1 is 1.05 bits per heavy atom. The zero-order valence-electron chi connectivity index (χ0n) is 10.4. The third kappa shape index (κ3) is 1.99. The van der Waals surface area contributed by atoms with Crippen LogP contribution >= 0.6 is 0 Å². The van der Waals surface area contributed by atoms with Gasteiger partial charge in [0.05, 0.1) is 6.54 Å². The van der Waals surface area contributed by atoms with E-state index in [9.17, 15) is 8.78 Å². The van der Waals surface area contributed by atoms with E-state index < -0.39 is 0 Å². The Morgan fingerprint density at radius 2 is 1.84 bits per heavy atom. The van der Waals surface area contributed by atoms with Crippen LogP contribution in [0.15, 0.2) is 36.4 Å². The molecule has 1 heterocycles. The summed E-state index contributed by atoms with van der Waals surface area (Å²) in [6.07, 6.45) is 0. The lowest BCUT2D eigenvalue weighted by Gasteiger charge is -2.18. The number of rotatable bonds is 1. The Bertz CT molecular complexity index is 660. The van der Waals surface area contributed by atoms with Crippen molar-refractivity contribution in [1.82, 2.24) is 0 Å². The van der Waals surface area contributed by atoms with Crippen molar-refractivity contribution in [2.24, 2.45) is 0 Å². The summed E-state index contributed by atoms with van der Waals surface area (Å²) in [4.78, 5) is 1.68. The van der Waals surface area contributed by atoms with Gasteiger partial charge < -0.3 is 4.90 Å². The average molecular weight is 258 g/mol. The van der Waals surface area contributed by atoms with Gasteiger partial charge in [0.2, 0.25) is 0 Å². The first kappa shape index (κ1) is 11.8. The van der Waals surface area contributed by atoms with Crippen molar-refractivity contribution >= 4 is 11.5 Å². The van der Waals surface area contributed by atoms with Gasteiger partial charge in [-0.2, -0.15) is 0 Å². The highest BCUT2D eigenvalue weighted by Crippen LogP contribution is 2.29. The van der Waals surface area contributed by atoms with Gasteiger partial charge in [0.1, 0.15) is 17.5 Å². The van der Waals surface area contributed by atoms with E-state index in [4.69, 9.17) is 5.41 Å². The van der Waals surface area contributed by atoms with Gasteiger partial charge in [-0.05, 0) is 48.4 Å². The van der Waals surface area contributed by atoms with Crippen molar-refractivity contribution in [1.29, 1.82) is 5.41 Å². The van der Waals surface area contributed by atoms with Crippen molar-refractivity contribution in [2.45, 2.75) is 13.5 Å². The quantitative estimate of drug-likeness (QED) is 0.831. The first-order valence-electron chi connectivity index (χ1n) is 5.97. The average Bonchev–Trinajstić information content (AvgIpc) is 2.66. The minimum absolute atomic E-state index is 0.208. The molecule has 0 unspecified atom stereocenters. The standard InChI is InChI=1S/C15H12F2N2/c1-9-4-12(17)6-13(5-9)19-8-10-2-3-11(16)7-14(10)15(19)18/h2-7,18H,8H2,1H3. The Hall–Kier alpha value is -2.23. The van der Waals surface area contributed by atoms with Crippen molar-refractivity contribution < 1.29 is 8.78 Å². The molecule has 0 fully saturated rings. The van der Waals surface area contributed by atoms with E-state index in [1.165, 1.54) is 24.3 Å². The molecule has 0 spiro atoms. The molecule has 0 bridgehead atoms. The normalized spacial score (nSPS) is 13.8. The van der Waals surface area contributed by atoms with Crippen LogP contribution in [0.4, 0.5) is 14.5 Å². The SMILES string of the molecule is Cc1cc(F)cc(N2Cc3ccc(F)cc3C2=N)c1. The molecule has 96 valence electrons. The van der Waals surface area contributed by atoms with Gasteiger partial charge in [-0.25, -0.2) is 8.78 Å². The molecule has 4 heteroatoms. The van der Waals surface area contributed by atoms with Crippen LogP contribution in [0.2, 0.25) is 0 Å². The molecule has 0 amide bonds. The van der Waals surface area contributed by atoms with Crippen LogP contribution in [-0.2, 0) is 6.54 Å². The van der Waals surface area contributed by atoms with Crippen LogP contribution in [0.1, 0.15) is 16.7 Å². The van der Waals surface area contributed by atoms with E-state index in [1.54, 1.807) is 17.9 Å². The first-order chi connectivity index (χ1) is 9.04. The lowest BCUT2D eigenvalue weighted by molar-refractivity contribution is 0.626. The molecule has 2 nitrogen and oxygen atoms in total. The number of hydrogen-bond acceptors (Lipinski definition) is 1. The van der Waals surface area contributed by atoms with Crippen molar-refractivity contribution in [3.8, 4) is 0 Å². The van der Waals surface area contributed by atoms with Gasteiger partial charge in [0, 0.05) is 11.3 Å². The van der Waals surface area contributed by atoms with Crippen LogP contribution in [-0.4, -0.2) is 5.84 Å². The lowest BCUT2D eigenvalue weighted by Crippen LogP contribution is -2.23. The molecule has 0 atom stereocenters.